The van der Waals surface area contributed by atoms with Crippen molar-refractivity contribution in [2.75, 3.05) is 0 Å². The van der Waals surface area contributed by atoms with Gasteiger partial charge in [-0.25, -0.2) is 0 Å². The number of carboxylic acids is 1. The Hall–Kier alpha value is -0.530. The molecular formula is C5H10O2. The highest BCUT2D eigenvalue weighted by molar-refractivity contribution is 5.69. The maximum Gasteiger partial charge on any atom is 0.306 e. The molecule has 1 atom stereocenters. The summed E-state index contributed by atoms with van der Waals surface area (Å²) in [5.74, 6) is -2.05. The molecule has 0 unspecified atom stereocenters. The Kier molecular flexibility index (Phi) is 1.29. The van der Waals surface area contributed by atoms with Gasteiger partial charge in [0.15, 0.2) is 0 Å². The molecule has 0 aliphatic heterocycles. The van der Waals surface area contributed by atoms with E-state index in [4.69, 9.17) is 2.80 Å². The lowest BCUT2D eigenvalue weighted by molar-refractivity contribution is -0.141. The topological polar surface area (TPSA) is 37.3 Å². The largest absolute Gasteiger partial charge is 0.481 e. The molecule has 0 aromatic rings. The average Bonchev–Trinajstić information content (AvgIpc) is 1.86. The molecule has 0 spiro atoms. The number of hydrogen-bond donors (Lipinski definition) is 1. The van der Waals surface area contributed by atoms with Gasteiger partial charge in [0.05, 0.1) is 5.89 Å². The van der Waals surface area contributed by atoms with Crippen LogP contribution in [-0.2, 0) is 4.79 Å². The zero-order chi connectivity index (χ0) is 7.49. The molecule has 0 radical (unpaired) electrons. The highest BCUT2D eigenvalue weighted by Gasteiger charge is 2.05. The van der Waals surface area contributed by atoms with Gasteiger partial charge in [0, 0.05) is 1.37 Å². The van der Waals surface area contributed by atoms with Crippen molar-refractivity contribution in [3.8, 4) is 0 Å². The van der Waals surface area contributed by atoms with E-state index in [1.165, 1.54) is 6.92 Å². The van der Waals surface area contributed by atoms with Crippen LogP contribution in [0.25, 0.3) is 1.43 Å². The van der Waals surface area contributed by atoms with Crippen LogP contribution in [0.5, 0.6) is 0 Å². The third-order valence-electron chi connectivity index (χ3n) is 0.879. The number of carbonyl (C=O) groups is 1. The van der Waals surface area contributed by atoms with Crippen LogP contribution in [0.3, 0.4) is 0 Å². The molecule has 0 aromatic carbocycles. The Morgan fingerprint density at radius 2 is 2.86 bits per heavy atom. The van der Waals surface area contributed by atoms with E-state index in [-0.39, 0.29) is 0 Å². The van der Waals surface area contributed by atoms with Crippen LogP contribution in [0, 0.1) is 5.89 Å². The fraction of sp³-hybridized carbons (Fsp3) is 0.800. The minimum Gasteiger partial charge on any atom is -0.481 e. The molecule has 0 saturated carbocycles. The van der Waals surface area contributed by atoms with Crippen molar-refractivity contribution < 1.29 is 11.3 Å². The molecule has 1 N–H and O–H groups in total. The zero-order valence-corrected chi connectivity index (χ0v) is 4.52. The van der Waals surface area contributed by atoms with Gasteiger partial charge in [0.1, 0.15) is 0 Å². The second-order valence-corrected chi connectivity index (χ2v) is 1.42. The Morgan fingerprint density at radius 3 is 3.00 bits per heavy atom. The molecule has 2 nitrogen and oxygen atoms in total. The van der Waals surface area contributed by atoms with Crippen molar-refractivity contribution in [1.29, 1.82) is 1.43 Å². The van der Waals surface area contributed by atoms with Gasteiger partial charge in [-0.2, -0.15) is 0 Å². The fourth-order valence-corrected chi connectivity index (χ4v) is 0.144. The lowest BCUT2D eigenvalue weighted by atomic mass is 10.1. The molecule has 0 bridgehead atoms. The predicted octanol–water partition coefficient (Wildman–Crippen LogP) is 1.12. The van der Waals surface area contributed by atoms with E-state index in [0.717, 1.165) is 0 Å². The highest BCUT2D eigenvalue weighted by Crippen LogP contribution is 1.97. The van der Waals surface area contributed by atoms with E-state index >= 15 is 0 Å². The van der Waals surface area contributed by atoms with E-state index in [2.05, 4.69) is 5.11 Å². The molecule has 0 saturated heterocycles. The maximum absolute atomic E-state index is 10.5. The third-order valence-corrected chi connectivity index (χ3v) is 0.879. The molecule has 0 amide bonds. The van der Waals surface area contributed by atoms with Crippen molar-refractivity contribution in [3.63, 3.8) is 0 Å². The van der Waals surface area contributed by atoms with Crippen molar-refractivity contribution in [3.05, 3.63) is 0 Å². The smallest absolute Gasteiger partial charge is 0.306 e. The van der Waals surface area contributed by atoms with Gasteiger partial charge >= 0.3 is 5.97 Å². The van der Waals surface area contributed by atoms with Crippen LogP contribution in [0.2, 0.25) is 0 Å². The fourth-order valence-electron chi connectivity index (χ4n) is 0.144. The van der Waals surface area contributed by atoms with Crippen LogP contribution in [0.1, 0.15) is 21.6 Å². The van der Waals surface area contributed by atoms with Crippen molar-refractivity contribution >= 4 is 5.97 Å². The monoisotopic (exact) mass is 104 g/mol. The summed E-state index contributed by atoms with van der Waals surface area (Å²) in [6, 6.07) is 0. The van der Waals surface area contributed by atoms with E-state index in [0.29, 0.717) is 6.42 Å². The van der Waals surface area contributed by atoms with Crippen LogP contribution >= 0.6 is 0 Å². The van der Waals surface area contributed by atoms with Gasteiger partial charge in [0.25, 0.3) is 1.43 Å². The van der Waals surface area contributed by atoms with Crippen LogP contribution in [0.15, 0.2) is 0 Å². The summed E-state index contributed by atoms with van der Waals surface area (Å²) >= 11 is 0. The number of aliphatic carboxylic acids is 1. The lowest BCUT2D eigenvalue weighted by Crippen LogP contribution is -2.06. The lowest BCUT2D eigenvalue weighted by Gasteiger charge is -1.96. The van der Waals surface area contributed by atoms with Gasteiger partial charge in [-0.15, -0.1) is 0 Å². The van der Waals surface area contributed by atoms with Crippen molar-refractivity contribution in [2.45, 2.75) is 20.3 Å². The van der Waals surface area contributed by atoms with Crippen LogP contribution < -0.4 is 0 Å². The second-order valence-electron chi connectivity index (χ2n) is 1.42. The molecule has 0 rings (SSSR count). The number of rotatable bonds is 2. The number of carboxylic acid groups (broad SMARTS) is 1. The molecule has 0 aromatic heterocycles. The maximum atomic E-state index is 10.5. The molecule has 0 aliphatic rings. The summed E-state index contributed by atoms with van der Waals surface area (Å²) in [5.41, 5.74) is 0. The van der Waals surface area contributed by atoms with Crippen LogP contribution in [-0.4, -0.2) is 11.1 Å². The summed E-state index contributed by atoms with van der Waals surface area (Å²) in [6.07, 6.45) is 0.366. The average molecular weight is 104 g/mol. The van der Waals surface area contributed by atoms with Gasteiger partial charge < -0.3 is 5.11 Å². The Labute approximate surface area is 46.1 Å². The standard InChI is InChI=1S/C5H10O2/c1-3-4(2)5(6)7/h4H,3H2,1-2H3,(H,6,7)/t4-/m1/s1/i4D/hD. The molecule has 42 valence electrons. The summed E-state index contributed by atoms with van der Waals surface area (Å²) in [6.45, 7) is 3.12. The van der Waals surface area contributed by atoms with Crippen molar-refractivity contribution in [2.24, 2.45) is 5.89 Å². The molecule has 7 heavy (non-hydrogen) atoms. The number of hydrogen-bond acceptors (Lipinski definition) is 2. The zero-order valence-electron chi connectivity index (χ0n) is 6.52. The molecule has 0 aliphatic carbocycles. The molecular weight excluding hydrogens is 92.1 g/mol. The Morgan fingerprint density at radius 1 is 2.29 bits per heavy atom. The van der Waals surface area contributed by atoms with Gasteiger partial charge in [-0.05, 0) is 6.42 Å². The van der Waals surface area contributed by atoms with Gasteiger partial charge in [-0.1, -0.05) is 13.8 Å². The normalized spacial score (nSPS) is 21.4. The Balaban J connectivity index is 3.97. The first-order valence-corrected chi connectivity index (χ1v) is 2.22. The van der Waals surface area contributed by atoms with Gasteiger partial charge in [0.2, 0.25) is 0 Å². The highest BCUT2D eigenvalue weighted by atomic mass is 16.4. The quantitative estimate of drug-likeness (QED) is 0.570. The predicted molar refractivity (Wildman–Crippen MR) is 27.1 cm³/mol. The summed E-state index contributed by atoms with van der Waals surface area (Å²) in [7, 11) is 0. The minimum absolute atomic E-state index is 0.366. The third kappa shape index (κ3) is 2.20. The van der Waals surface area contributed by atoms with E-state index in [1.807, 2.05) is 0 Å². The summed E-state index contributed by atoms with van der Waals surface area (Å²) in [4.78, 5) is 10.5. The molecule has 0 fully saturated rings. The SMILES string of the molecule is [2H]OC(=O)[C@]([2H])(C)CC. The molecule has 0 heterocycles. The van der Waals surface area contributed by atoms with Gasteiger partial charge in [-0.3, -0.25) is 4.79 Å². The van der Waals surface area contributed by atoms with Crippen LogP contribution in [0.4, 0.5) is 0 Å². The van der Waals surface area contributed by atoms with Crippen molar-refractivity contribution in [1.82, 2.24) is 0 Å². The van der Waals surface area contributed by atoms with E-state index in [1.54, 1.807) is 6.92 Å². The first kappa shape index (κ1) is 3.47. The van der Waals surface area contributed by atoms with E-state index < -0.39 is 11.9 Å². The first-order valence-electron chi connectivity index (χ1n) is 3.13. The Bertz CT molecular complexity index is 112. The second kappa shape index (κ2) is 2.61. The van der Waals surface area contributed by atoms with E-state index in [9.17, 15) is 4.79 Å². The molecule has 2 heteroatoms. The minimum atomic E-state index is -1.25. The summed E-state index contributed by atoms with van der Waals surface area (Å²) < 4.78 is 13.4. The first-order chi connectivity index (χ1) is 4.04. The summed E-state index contributed by atoms with van der Waals surface area (Å²) in [5, 5.41) is 3.63.